The summed E-state index contributed by atoms with van der Waals surface area (Å²) in [6.45, 7) is 7.47. The largest absolute Gasteiger partial charge is 0.454 e. The van der Waals surface area contributed by atoms with Gasteiger partial charge in [-0.3, -0.25) is 9.59 Å². The molecular weight excluding hydrogens is 295 g/mol. The molecule has 0 unspecified atom stereocenters. The van der Waals surface area contributed by atoms with Crippen molar-refractivity contribution in [3.8, 4) is 11.5 Å². The predicted molar refractivity (Wildman–Crippen MR) is 89.0 cm³/mol. The third-order valence-electron chi connectivity index (χ3n) is 2.90. The summed E-state index contributed by atoms with van der Waals surface area (Å²) in [6, 6.07) is 9.03. The second-order valence-corrected chi connectivity index (χ2v) is 5.12. The molecule has 0 N–H and O–H groups in total. The fraction of sp³-hybridized carbons (Fsp3) is 0.263. The highest BCUT2D eigenvalue weighted by Gasteiger charge is 2.14. The predicted octanol–water partition coefficient (Wildman–Crippen LogP) is 5.36. The van der Waals surface area contributed by atoms with E-state index >= 15 is 0 Å². The topological polar surface area (TPSA) is 43.4 Å². The number of hydrogen-bond acceptors (Lipinski definition) is 3. The van der Waals surface area contributed by atoms with Crippen molar-refractivity contribution in [1.82, 2.24) is 0 Å². The van der Waals surface area contributed by atoms with Crippen molar-refractivity contribution in [2.45, 2.75) is 34.1 Å². The molecule has 2 rings (SSSR count). The van der Waals surface area contributed by atoms with Gasteiger partial charge in [-0.1, -0.05) is 32.4 Å². The molecule has 0 aromatic heterocycles. The molecule has 0 saturated carbocycles. The molecule has 0 saturated heterocycles. The molecule has 0 spiro atoms. The summed E-state index contributed by atoms with van der Waals surface area (Å²) in [5.41, 5.74) is 1.41. The van der Waals surface area contributed by atoms with Gasteiger partial charge in [0.2, 0.25) is 0 Å². The highest BCUT2D eigenvalue weighted by atomic mass is 19.1. The summed E-state index contributed by atoms with van der Waals surface area (Å²) in [7, 11) is 0. The van der Waals surface area contributed by atoms with Crippen molar-refractivity contribution in [2.24, 2.45) is 0 Å². The summed E-state index contributed by atoms with van der Waals surface area (Å²) >= 11 is 0. The number of halogens is 1. The summed E-state index contributed by atoms with van der Waals surface area (Å²) in [6.07, 6.45) is 1.81. The number of aldehydes is 1. The van der Waals surface area contributed by atoms with Gasteiger partial charge in [-0.15, -0.1) is 0 Å². The van der Waals surface area contributed by atoms with Crippen LogP contribution in [0, 0.1) is 12.7 Å². The highest BCUT2D eigenvalue weighted by molar-refractivity contribution is 5.98. The van der Waals surface area contributed by atoms with E-state index in [9.17, 15) is 14.0 Å². The lowest BCUT2D eigenvalue weighted by Gasteiger charge is -2.12. The monoisotopic (exact) mass is 316 g/mol. The Kier molecular flexibility index (Phi) is 7.13. The number of hydrogen-bond donors (Lipinski definition) is 0. The molecule has 0 radical (unpaired) electrons. The zero-order valence-electron chi connectivity index (χ0n) is 13.9. The Morgan fingerprint density at radius 2 is 1.83 bits per heavy atom. The van der Waals surface area contributed by atoms with E-state index in [1.165, 1.54) is 25.5 Å². The van der Waals surface area contributed by atoms with Crippen LogP contribution in [0.3, 0.4) is 0 Å². The molecule has 0 fully saturated rings. The van der Waals surface area contributed by atoms with E-state index in [1.807, 2.05) is 0 Å². The fourth-order valence-electron chi connectivity index (χ4n) is 1.97. The molecule has 3 nitrogen and oxygen atoms in total. The smallest absolute Gasteiger partial charge is 0.166 e. The molecule has 0 aliphatic rings. The molecule has 0 bridgehead atoms. The van der Waals surface area contributed by atoms with Crippen LogP contribution in [0.25, 0.3) is 0 Å². The number of Topliss-reactive ketones (excluding diaryl/α,β-unsaturated/α-hetero) is 1. The lowest BCUT2D eigenvalue weighted by molar-refractivity contribution is 0.101. The maximum Gasteiger partial charge on any atom is 0.166 e. The van der Waals surface area contributed by atoms with Crippen molar-refractivity contribution < 1.29 is 18.7 Å². The molecule has 0 amide bonds. The zero-order chi connectivity index (χ0) is 17.4. The van der Waals surface area contributed by atoms with Crippen LogP contribution in [-0.4, -0.2) is 12.1 Å². The van der Waals surface area contributed by atoms with E-state index in [0.29, 0.717) is 17.6 Å². The van der Waals surface area contributed by atoms with Crippen LogP contribution in [-0.2, 0) is 0 Å². The number of rotatable bonds is 4. The third-order valence-corrected chi connectivity index (χ3v) is 2.90. The minimum atomic E-state index is -0.648. The number of carbonyl (C=O) groups excluding carboxylic acids is 2. The Morgan fingerprint density at radius 3 is 2.35 bits per heavy atom. The van der Waals surface area contributed by atoms with Gasteiger partial charge in [0, 0.05) is 5.56 Å². The number of ketones is 1. The van der Waals surface area contributed by atoms with Gasteiger partial charge in [-0.2, -0.15) is 0 Å². The van der Waals surface area contributed by atoms with E-state index in [1.54, 1.807) is 25.1 Å². The first-order chi connectivity index (χ1) is 10.9. The molecule has 2 aromatic carbocycles. The standard InChI is InChI=1S/C16H13FO3.C3H8/c1-10-4-3-5-15(16(10)11(2)19)20-14-7-6-12(9-18)8-13(14)17;1-3-2/h3-9H,1-2H3;3H2,1-2H3. The van der Waals surface area contributed by atoms with Gasteiger partial charge in [0.25, 0.3) is 0 Å². The number of carbonyl (C=O) groups is 2. The van der Waals surface area contributed by atoms with Gasteiger partial charge in [-0.25, -0.2) is 4.39 Å². The number of benzene rings is 2. The van der Waals surface area contributed by atoms with Crippen LogP contribution < -0.4 is 4.74 Å². The normalized spacial score (nSPS) is 9.61. The first kappa shape index (κ1) is 18.6. The van der Waals surface area contributed by atoms with Crippen molar-refractivity contribution in [2.75, 3.05) is 0 Å². The average Bonchev–Trinajstić information content (AvgIpc) is 2.49. The molecule has 0 aliphatic carbocycles. The Bertz CT molecular complexity index is 693. The SMILES string of the molecule is CC(=O)c1c(C)cccc1Oc1ccc(C=O)cc1F.CCC. The van der Waals surface area contributed by atoms with Crippen LogP contribution in [0.1, 0.15) is 53.5 Å². The molecule has 0 aliphatic heterocycles. The molecule has 23 heavy (non-hydrogen) atoms. The van der Waals surface area contributed by atoms with Gasteiger partial charge >= 0.3 is 0 Å². The van der Waals surface area contributed by atoms with E-state index < -0.39 is 5.82 Å². The summed E-state index contributed by atoms with van der Waals surface area (Å²) in [5, 5.41) is 0. The van der Waals surface area contributed by atoms with Gasteiger partial charge in [0.15, 0.2) is 17.3 Å². The van der Waals surface area contributed by atoms with E-state index in [2.05, 4.69) is 13.8 Å². The maximum atomic E-state index is 13.8. The zero-order valence-corrected chi connectivity index (χ0v) is 13.9. The Labute approximate surface area is 136 Å². The maximum absolute atomic E-state index is 13.8. The van der Waals surface area contributed by atoms with Crippen LogP contribution in [0.4, 0.5) is 4.39 Å². The van der Waals surface area contributed by atoms with Gasteiger partial charge < -0.3 is 4.74 Å². The lowest BCUT2D eigenvalue weighted by Crippen LogP contribution is -2.01. The average molecular weight is 316 g/mol. The second-order valence-electron chi connectivity index (χ2n) is 5.12. The molecular formula is C19H21FO3. The van der Waals surface area contributed by atoms with Gasteiger partial charge in [-0.05, 0) is 43.7 Å². The van der Waals surface area contributed by atoms with Crippen molar-refractivity contribution >= 4 is 12.1 Å². The third kappa shape index (κ3) is 5.02. The number of ether oxygens (including phenoxy) is 1. The Morgan fingerprint density at radius 1 is 1.17 bits per heavy atom. The van der Waals surface area contributed by atoms with Gasteiger partial charge in [0.1, 0.15) is 12.0 Å². The molecule has 0 heterocycles. The highest BCUT2D eigenvalue weighted by Crippen LogP contribution is 2.29. The summed E-state index contributed by atoms with van der Waals surface area (Å²) in [4.78, 5) is 22.2. The van der Waals surface area contributed by atoms with E-state index in [-0.39, 0.29) is 17.1 Å². The summed E-state index contributed by atoms with van der Waals surface area (Å²) < 4.78 is 19.3. The quantitative estimate of drug-likeness (QED) is 0.563. The molecule has 4 heteroatoms. The first-order valence-electron chi connectivity index (χ1n) is 7.47. The van der Waals surface area contributed by atoms with Crippen molar-refractivity contribution in [1.29, 1.82) is 0 Å². The van der Waals surface area contributed by atoms with Crippen LogP contribution in [0.15, 0.2) is 36.4 Å². The summed E-state index contributed by atoms with van der Waals surface area (Å²) in [5.74, 6) is -0.521. The fourth-order valence-corrected chi connectivity index (χ4v) is 1.97. The van der Waals surface area contributed by atoms with Crippen molar-refractivity contribution in [3.05, 3.63) is 58.9 Å². The molecule has 122 valence electrons. The van der Waals surface area contributed by atoms with Crippen LogP contribution in [0.5, 0.6) is 11.5 Å². The Hall–Kier alpha value is -2.49. The number of aryl methyl sites for hydroxylation is 1. The van der Waals surface area contributed by atoms with E-state index in [0.717, 1.165) is 11.6 Å². The molecule has 0 atom stereocenters. The van der Waals surface area contributed by atoms with E-state index in [4.69, 9.17) is 4.74 Å². The minimum absolute atomic E-state index is 0.0244. The van der Waals surface area contributed by atoms with Crippen LogP contribution in [0.2, 0.25) is 0 Å². The van der Waals surface area contributed by atoms with Crippen LogP contribution >= 0.6 is 0 Å². The van der Waals surface area contributed by atoms with Gasteiger partial charge in [0.05, 0.1) is 5.56 Å². The first-order valence-corrected chi connectivity index (χ1v) is 7.47. The second kappa shape index (κ2) is 8.83. The minimum Gasteiger partial charge on any atom is -0.454 e. The lowest BCUT2D eigenvalue weighted by atomic mass is 10.0. The molecule has 2 aromatic rings. The van der Waals surface area contributed by atoms with Crippen molar-refractivity contribution in [3.63, 3.8) is 0 Å². The Balaban J connectivity index is 0.000000816.